The van der Waals surface area contributed by atoms with E-state index in [4.69, 9.17) is 37.3 Å². The number of carbonyl (C=O) groups excluding carboxylic acids is 1. The van der Waals surface area contributed by atoms with Crippen molar-refractivity contribution in [3.63, 3.8) is 0 Å². The van der Waals surface area contributed by atoms with Crippen LogP contribution in [0.2, 0.25) is 5.02 Å². The number of nitrogens with two attached hydrogens (primary N) is 1. The first kappa shape index (κ1) is 30.6. The number of carbonyl (C=O) groups is 2. The first-order valence-electron chi connectivity index (χ1n) is 9.47. The number of quaternary nitrogens is 1. The van der Waals surface area contributed by atoms with Crippen LogP contribution in [0.15, 0.2) is 17.7 Å². The highest BCUT2D eigenvalue weighted by atomic mass is 35.5. The molecule has 2 aliphatic heterocycles. The lowest BCUT2D eigenvalue weighted by Crippen LogP contribution is -2.42. The molecular formula is C19H28ClF3N3O7+. The second kappa shape index (κ2) is 15.4. The fraction of sp³-hybridized carbons (Fsp3) is 0.474. The molecule has 33 heavy (non-hydrogen) atoms. The minimum absolute atomic E-state index is 0.0106. The molecule has 1 aromatic rings. The number of alkyl halides is 3. The van der Waals surface area contributed by atoms with E-state index in [9.17, 15) is 18.0 Å². The first-order chi connectivity index (χ1) is 15.5. The van der Waals surface area contributed by atoms with Crippen LogP contribution in [-0.2, 0) is 19.2 Å². The lowest BCUT2D eigenvalue weighted by Gasteiger charge is -2.29. The third-order valence-corrected chi connectivity index (χ3v) is 4.27. The molecule has 8 N–H and O–H groups in total. The Labute approximate surface area is 193 Å². The Morgan fingerprint density at radius 1 is 1.36 bits per heavy atom. The van der Waals surface area contributed by atoms with Crippen LogP contribution in [-0.4, -0.2) is 54.4 Å². The predicted octanol–water partition coefficient (Wildman–Crippen LogP) is 1.82. The third-order valence-electron chi connectivity index (χ3n) is 4.05. The highest BCUT2D eigenvalue weighted by molar-refractivity contribution is 6.30. The van der Waals surface area contributed by atoms with Crippen LogP contribution in [0.25, 0.3) is 6.08 Å². The molecule has 1 saturated heterocycles. The number of fused-ring (bicyclic) bond motifs is 1. The number of rotatable bonds is 3. The number of hydrogen-bond acceptors (Lipinski definition) is 8. The van der Waals surface area contributed by atoms with Crippen molar-refractivity contribution in [2.24, 2.45) is 5.90 Å². The summed E-state index contributed by atoms with van der Waals surface area (Å²) in [5.41, 5.74) is -0.0385. The summed E-state index contributed by atoms with van der Waals surface area (Å²) in [6, 6.07) is 2.86. The highest BCUT2D eigenvalue weighted by Crippen LogP contribution is 2.40. The van der Waals surface area contributed by atoms with Crippen LogP contribution in [0.1, 0.15) is 30.9 Å². The third kappa shape index (κ3) is 10.4. The van der Waals surface area contributed by atoms with E-state index in [0.29, 0.717) is 10.6 Å². The SMILES string of the molecule is C1CCNC1.Cc1cc(Cl)cc2c1OC(C(F)(F)F)C(C(=O)OC(C)ON)=C2.O=CO.[NH3+]O. The quantitative estimate of drug-likeness (QED) is 0.179. The molecule has 0 aromatic heterocycles. The summed E-state index contributed by atoms with van der Waals surface area (Å²) >= 11 is 5.88. The van der Waals surface area contributed by atoms with E-state index in [1.54, 1.807) is 6.92 Å². The molecule has 1 fully saturated rings. The van der Waals surface area contributed by atoms with Gasteiger partial charge in [0.05, 0.1) is 5.57 Å². The van der Waals surface area contributed by atoms with Gasteiger partial charge in [0.2, 0.25) is 12.4 Å². The fourth-order valence-electron chi connectivity index (χ4n) is 2.73. The number of benzene rings is 1. The minimum atomic E-state index is -4.80. The number of carboxylic acid groups (broad SMARTS) is 1. The van der Waals surface area contributed by atoms with E-state index in [-0.39, 0.29) is 17.8 Å². The lowest BCUT2D eigenvalue weighted by atomic mass is 9.99. The van der Waals surface area contributed by atoms with Gasteiger partial charge in [-0.2, -0.15) is 13.2 Å². The average Bonchev–Trinajstić information content (AvgIpc) is 3.34. The largest absolute Gasteiger partial charge is 0.483 e. The molecular weight excluding hydrogens is 475 g/mol. The molecule has 2 aliphatic rings. The molecule has 0 amide bonds. The molecule has 14 heteroatoms. The van der Waals surface area contributed by atoms with Crippen LogP contribution in [0.5, 0.6) is 5.75 Å². The normalized spacial score (nSPS) is 17.1. The number of halogens is 4. The molecule has 3 rings (SSSR count). The second-order valence-corrected chi connectivity index (χ2v) is 6.89. The van der Waals surface area contributed by atoms with Gasteiger partial charge in [-0.1, -0.05) is 11.6 Å². The van der Waals surface area contributed by atoms with Gasteiger partial charge in [-0.3, -0.25) is 9.63 Å². The average molecular weight is 503 g/mol. The molecule has 2 unspecified atom stereocenters. The first-order valence-corrected chi connectivity index (χ1v) is 9.84. The van der Waals surface area contributed by atoms with Crippen molar-refractivity contribution in [1.29, 1.82) is 0 Å². The molecule has 10 nitrogen and oxygen atoms in total. The van der Waals surface area contributed by atoms with E-state index >= 15 is 0 Å². The van der Waals surface area contributed by atoms with Crippen molar-refractivity contribution in [1.82, 2.24) is 5.32 Å². The van der Waals surface area contributed by atoms with Gasteiger partial charge in [-0.25, -0.2) is 21.8 Å². The number of hydrogen-bond donors (Lipinski definition) is 5. The van der Waals surface area contributed by atoms with Gasteiger partial charge in [-0.05, 0) is 63.6 Å². The molecule has 2 heterocycles. The van der Waals surface area contributed by atoms with E-state index in [2.05, 4.69) is 20.8 Å². The van der Waals surface area contributed by atoms with Crippen molar-refractivity contribution >= 4 is 30.1 Å². The summed E-state index contributed by atoms with van der Waals surface area (Å²) in [4.78, 5) is 24.6. The number of nitrogens with one attached hydrogen (secondary N) is 1. The molecule has 2 atom stereocenters. The van der Waals surface area contributed by atoms with Crippen LogP contribution in [0.4, 0.5) is 13.2 Å². The molecule has 0 spiro atoms. The number of ether oxygens (including phenoxy) is 2. The van der Waals surface area contributed by atoms with E-state index in [1.807, 2.05) is 0 Å². The summed E-state index contributed by atoms with van der Waals surface area (Å²) < 4.78 is 49.3. The van der Waals surface area contributed by atoms with Crippen LogP contribution < -0.4 is 21.8 Å². The minimum Gasteiger partial charge on any atom is -0.483 e. The van der Waals surface area contributed by atoms with Crippen molar-refractivity contribution in [2.75, 3.05) is 13.1 Å². The standard InChI is InChI=1S/C14H13ClF3NO4.C4H9N.CH2O2.H4NO/c1-6-3-9(15)4-8-5-10(13(20)21-7(2)23-19)12(14(16,17)18)22-11(6)8;1-2-4-5-3-1;2-1-3;1-2/h3-5,7,12H,19H2,1-2H3;5H,1-4H2;1H,(H,2,3);2H,1H3/q;;;+1. The van der Waals surface area contributed by atoms with Gasteiger partial charge in [0.1, 0.15) is 5.75 Å². The zero-order chi connectivity index (χ0) is 25.6. The van der Waals surface area contributed by atoms with Crippen molar-refractivity contribution in [3.05, 3.63) is 33.9 Å². The van der Waals surface area contributed by atoms with Crippen molar-refractivity contribution < 1.29 is 53.3 Å². The fourth-order valence-corrected chi connectivity index (χ4v) is 3.01. The zero-order valence-electron chi connectivity index (χ0n) is 18.0. The Balaban J connectivity index is 0.000000857. The Morgan fingerprint density at radius 3 is 2.33 bits per heavy atom. The monoisotopic (exact) mass is 502 g/mol. The van der Waals surface area contributed by atoms with Gasteiger partial charge < -0.3 is 19.9 Å². The smallest absolute Gasteiger partial charge is 0.430 e. The van der Waals surface area contributed by atoms with Crippen LogP contribution in [0.3, 0.4) is 0 Å². The zero-order valence-corrected chi connectivity index (χ0v) is 18.8. The predicted molar refractivity (Wildman–Crippen MR) is 111 cm³/mol. The molecule has 1 aromatic carbocycles. The van der Waals surface area contributed by atoms with Gasteiger partial charge in [0, 0.05) is 10.6 Å². The molecule has 0 bridgehead atoms. The van der Waals surface area contributed by atoms with E-state index in [0.717, 1.165) is 6.08 Å². The van der Waals surface area contributed by atoms with Gasteiger partial charge in [-0.15, -0.1) is 0 Å². The maximum atomic E-state index is 13.2. The molecule has 188 valence electrons. The van der Waals surface area contributed by atoms with Gasteiger partial charge in [0.25, 0.3) is 6.47 Å². The summed E-state index contributed by atoms with van der Waals surface area (Å²) in [6.07, 6.45) is -4.64. The summed E-state index contributed by atoms with van der Waals surface area (Å²) in [5, 5.41) is 17.2. The summed E-state index contributed by atoms with van der Waals surface area (Å²) in [6.45, 7) is 5.07. The molecule has 0 saturated carbocycles. The number of aryl methyl sites for hydroxylation is 1. The highest BCUT2D eigenvalue weighted by Gasteiger charge is 2.49. The maximum absolute atomic E-state index is 13.2. The Hall–Kier alpha value is -2.42. The Morgan fingerprint density at radius 2 is 1.91 bits per heavy atom. The van der Waals surface area contributed by atoms with Gasteiger partial charge >= 0.3 is 12.1 Å². The van der Waals surface area contributed by atoms with Crippen molar-refractivity contribution in [3.8, 4) is 5.75 Å². The Bertz CT molecular complexity index is 783. The van der Waals surface area contributed by atoms with Crippen molar-refractivity contribution in [2.45, 2.75) is 45.3 Å². The number of esters is 1. The molecule has 0 aliphatic carbocycles. The summed E-state index contributed by atoms with van der Waals surface area (Å²) in [5.74, 6) is 5.84. The lowest BCUT2D eigenvalue weighted by molar-refractivity contribution is -0.670. The topological polar surface area (TPSA) is 168 Å². The van der Waals surface area contributed by atoms with E-state index < -0.39 is 30.1 Å². The maximum Gasteiger partial charge on any atom is 0.430 e. The molecule has 0 radical (unpaired) electrons. The Kier molecular flexibility index (Phi) is 14.3. The second-order valence-electron chi connectivity index (χ2n) is 6.45. The van der Waals surface area contributed by atoms with E-state index in [1.165, 1.54) is 45.0 Å². The van der Waals surface area contributed by atoms with Crippen LogP contribution >= 0.6 is 11.6 Å². The van der Waals surface area contributed by atoms with Gasteiger partial charge in [0.15, 0.2) is 0 Å². The summed E-state index contributed by atoms with van der Waals surface area (Å²) in [7, 11) is 0. The van der Waals surface area contributed by atoms with Crippen LogP contribution in [0, 0.1) is 6.92 Å².